The summed E-state index contributed by atoms with van der Waals surface area (Å²) in [7, 11) is 0. The van der Waals surface area contributed by atoms with Crippen LogP contribution in [0.25, 0.3) is 17.2 Å². The molecule has 1 radical (unpaired) electrons. The van der Waals surface area contributed by atoms with Crippen LogP contribution in [0.1, 0.15) is 41.2 Å². The minimum Gasteiger partial charge on any atom is -0.0801 e. The summed E-state index contributed by atoms with van der Waals surface area (Å²) in [5.41, 5.74) is 9.39. The van der Waals surface area contributed by atoms with E-state index in [1.54, 1.807) is 0 Å². The van der Waals surface area contributed by atoms with Crippen molar-refractivity contribution in [1.82, 2.24) is 0 Å². The van der Waals surface area contributed by atoms with E-state index in [9.17, 15) is 0 Å². The second-order valence-electron chi connectivity index (χ2n) is 7.74. The van der Waals surface area contributed by atoms with Gasteiger partial charge in [-0.15, -0.1) is 0 Å². The zero-order valence-corrected chi connectivity index (χ0v) is 16.6. The maximum atomic E-state index is 3.76. The van der Waals surface area contributed by atoms with E-state index >= 15 is 0 Å². The van der Waals surface area contributed by atoms with E-state index < -0.39 is 0 Å². The normalized spacial score (nSPS) is 15.0. The van der Waals surface area contributed by atoms with Crippen LogP contribution >= 0.6 is 0 Å². The number of benzene rings is 3. The van der Waals surface area contributed by atoms with Crippen molar-refractivity contribution in [3.05, 3.63) is 122 Å². The molecule has 0 nitrogen and oxygen atoms in total. The largest absolute Gasteiger partial charge is 0.0801 e. The molecular formula is C28H23. The number of fused-ring (bicyclic) bond motifs is 2. The van der Waals surface area contributed by atoms with E-state index in [-0.39, 0.29) is 0 Å². The number of allylic oxidation sites excluding steroid dienone is 4. The molecule has 0 heterocycles. The average molecular weight is 359 g/mol. The fourth-order valence-electron chi connectivity index (χ4n) is 4.66. The van der Waals surface area contributed by atoms with E-state index in [0.717, 1.165) is 6.42 Å². The number of hydrogen-bond donors (Lipinski definition) is 0. The molecular weight excluding hydrogens is 336 g/mol. The summed E-state index contributed by atoms with van der Waals surface area (Å²) >= 11 is 0. The first-order valence-electron chi connectivity index (χ1n) is 9.96. The van der Waals surface area contributed by atoms with Crippen molar-refractivity contribution in [1.29, 1.82) is 0 Å². The third-order valence-corrected chi connectivity index (χ3v) is 6.19. The van der Waals surface area contributed by atoms with Crippen LogP contribution in [0, 0.1) is 24.3 Å². The summed E-state index contributed by atoms with van der Waals surface area (Å²) in [4.78, 5) is 0. The molecule has 0 aromatic heterocycles. The van der Waals surface area contributed by atoms with Crippen LogP contribution in [0.3, 0.4) is 0 Å². The van der Waals surface area contributed by atoms with Crippen molar-refractivity contribution in [2.75, 3.05) is 0 Å². The van der Waals surface area contributed by atoms with Gasteiger partial charge in [-0.25, -0.2) is 0 Å². The highest BCUT2D eigenvalue weighted by Crippen LogP contribution is 2.30. The highest BCUT2D eigenvalue weighted by Gasteiger charge is 2.19. The van der Waals surface area contributed by atoms with Crippen molar-refractivity contribution in [3.8, 4) is 0 Å². The van der Waals surface area contributed by atoms with Crippen LogP contribution in [-0.2, 0) is 0 Å². The summed E-state index contributed by atoms with van der Waals surface area (Å²) in [5.74, 6) is 0. The molecule has 0 saturated heterocycles. The monoisotopic (exact) mass is 359 g/mol. The molecule has 135 valence electrons. The van der Waals surface area contributed by atoms with Crippen LogP contribution in [0.15, 0.2) is 72.8 Å². The van der Waals surface area contributed by atoms with Gasteiger partial charge >= 0.3 is 0 Å². The molecule has 3 aromatic rings. The quantitative estimate of drug-likeness (QED) is 0.463. The molecule has 0 atom stereocenters. The maximum Gasteiger partial charge on any atom is -0.000720 e. The van der Waals surface area contributed by atoms with Crippen LogP contribution < -0.4 is 10.4 Å². The zero-order chi connectivity index (χ0) is 19.3. The Balaban J connectivity index is 2.03. The van der Waals surface area contributed by atoms with Gasteiger partial charge in [0.25, 0.3) is 0 Å². The molecule has 3 aromatic carbocycles. The Morgan fingerprint density at radius 3 is 2.39 bits per heavy atom. The Morgan fingerprint density at radius 1 is 0.893 bits per heavy atom. The first kappa shape index (κ1) is 17.0. The predicted octanol–water partition coefficient (Wildman–Crippen LogP) is 5.17. The predicted molar refractivity (Wildman–Crippen MR) is 118 cm³/mol. The molecule has 0 unspecified atom stereocenters. The third-order valence-electron chi connectivity index (χ3n) is 6.19. The average Bonchev–Trinajstić information content (AvgIpc) is 3.38. The Bertz CT molecular complexity index is 1380. The van der Waals surface area contributed by atoms with Gasteiger partial charge in [-0.1, -0.05) is 72.8 Å². The van der Waals surface area contributed by atoms with Crippen LogP contribution in [0.2, 0.25) is 0 Å². The second-order valence-corrected chi connectivity index (χ2v) is 7.74. The van der Waals surface area contributed by atoms with Gasteiger partial charge in [0.2, 0.25) is 0 Å². The minimum absolute atomic E-state index is 0.988. The van der Waals surface area contributed by atoms with Crippen molar-refractivity contribution in [2.24, 2.45) is 0 Å². The lowest BCUT2D eigenvalue weighted by molar-refractivity contribution is 1.22. The van der Waals surface area contributed by atoms with Crippen LogP contribution in [-0.4, -0.2) is 0 Å². The van der Waals surface area contributed by atoms with Gasteiger partial charge in [-0.2, -0.15) is 0 Å². The number of hydrogen-bond acceptors (Lipinski definition) is 0. The lowest BCUT2D eigenvalue weighted by atomic mass is 9.86. The first-order valence-corrected chi connectivity index (χ1v) is 9.96. The van der Waals surface area contributed by atoms with Gasteiger partial charge in [0.15, 0.2) is 0 Å². The van der Waals surface area contributed by atoms with E-state index in [0.29, 0.717) is 0 Å². The second kappa shape index (κ2) is 6.49. The van der Waals surface area contributed by atoms with Crippen molar-refractivity contribution >= 4 is 17.2 Å². The molecule has 28 heavy (non-hydrogen) atoms. The Labute approximate surface area is 166 Å². The standard InChI is InChI=1S/C28H23/c1-18-19(2)27-24-16-10-9-15-23(24)17-25(27)28(22-13-7-8-14-22)26(18)20(3)21-11-5-4-6-12-21/h4-13,15-16H,14H2,1-3H3. The van der Waals surface area contributed by atoms with Crippen molar-refractivity contribution < 1.29 is 0 Å². The smallest absolute Gasteiger partial charge is 0.000720 e. The number of rotatable bonds is 2. The molecule has 0 spiro atoms. The molecule has 0 heteroatoms. The van der Waals surface area contributed by atoms with Crippen molar-refractivity contribution in [2.45, 2.75) is 27.2 Å². The van der Waals surface area contributed by atoms with Gasteiger partial charge in [-0.05, 0) is 93.1 Å². The molecule has 0 aliphatic heterocycles. The molecule has 0 fully saturated rings. The molecule has 0 amide bonds. The van der Waals surface area contributed by atoms with Crippen molar-refractivity contribution in [3.63, 3.8) is 0 Å². The Morgan fingerprint density at radius 2 is 1.64 bits per heavy atom. The van der Waals surface area contributed by atoms with Gasteiger partial charge < -0.3 is 0 Å². The minimum atomic E-state index is 0.988. The summed E-state index contributed by atoms with van der Waals surface area (Å²) in [6, 6.07) is 19.4. The molecule has 2 aliphatic carbocycles. The van der Waals surface area contributed by atoms with Gasteiger partial charge in [0, 0.05) is 0 Å². The fourth-order valence-corrected chi connectivity index (χ4v) is 4.66. The zero-order valence-electron chi connectivity index (χ0n) is 16.6. The SMILES string of the molecule is CC(c1ccccc1)=c1c(C)c(C)c2c(c1C1=CC=CC1)[C]=c1ccccc1=2. The first-order chi connectivity index (χ1) is 13.7. The van der Waals surface area contributed by atoms with Gasteiger partial charge in [-0.3, -0.25) is 0 Å². The summed E-state index contributed by atoms with van der Waals surface area (Å²) < 4.78 is 0. The van der Waals surface area contributed by atoms with Gasteiger partial charge in [0.05, 0.1) is 0 Å². The fraction of sp³-hybridized carbons (Fsp3) is 0.143. The third kappa shape index (κ3) is 2.45. The molecule has 2 aliphatic rings. The highest BCUT2D eigenvalue weighted by atomic mass is 14.2. The Hall–Kier alpha value is -3.12. The molecule has 0 N–H and O–H groups in total. The summed E-state index contributed by atoms with van der Waals surface area (Å²) in [6.07, 6.45) is 11.5. The van der Waals surface area contributed by atoms with E-state index in [1.807, 2.05) is 0 Å². The van der Waals surface area contributed by atoms with Crippen LogP contribution in [0.4, 0.5) is 0 Å². The summed E-state index contributed by atoms with van der Waals surface area (Å²) in [5, 5.41) is 5.26. The highest BCUT2D eigenvalue weighted by molar-refractivity contribution is 5.83. The molecule has 0 bridgehead atoms. The lowest BCUT2D eigenvalue weighted by Gasteiger charge is -2.17. The Kier molecular flexibility index (Phi) is 3.94. The molecule has 5 rings (SSSR count). The van der Waals surface area contributed by atoms with Crippen LogP contribution in [0.5, 0.6) is 0 Å². The van der Waals surface area contributed by atoms with E-state index in [1.165, 1.54) is 59.8 Å². The van der Waals surface area contributed by atoms with Gasteiger partial charge in [0.1, 0.15) is 0 Å². The summed E-state index contributed by atoms with van der Waals surface area (Å²) in [6.45, 7) is 6.81. The van der Waals surface area contributed by atoms with E-state index in [2.05, 4.69) is 99.7 Å². The maximum absolute atomic E-state index is 3.76. The van der Waals surface area contributed by atoms with E-state index in [4.69, 9.17) is 0 Å². The lowest BCUT2D eigenvalue weighted by Crippen LogP contribution is -2.20. The topological polar surface area (TPSA) is 0 Å². The molecule has 0 saturated carbocycles.